The summed E-state index contributed by atoms with van der Waals surface area (Å²) in [5, 5.41) is 11.9. The molecule has 4 rings (SSSR count). The number of ether oxygens (including phenoxy) is 2. The zero-order valence-electron chi connectivity index (χ0n) is 23.3. The fourth-order valence-corrected chi connectivity index (χ4v) is 5.34. The number of aromatic nitrogens is 3. The first kappa shape index (κ1) is 28.5. The number of carbonyl (C=O) groups is 1. The summed E-state index contributed by atoms with van der Waals surface area (Å²) < 4.78 is 13.5. The average molecular weight is 550 g/mol. The number of allylic oxidation sites excluding steroid dienone is 1. The summed E-state index contributed by atoms with van der Waals surface area (Å²) in [6.07, 6.45) is 5.54. The summed E-state index contributed by atoms with van der Waals surface area (Å²) in [5.41, 5.74) is 2.85. The van der Waals surface area contributed by atoms with Gasteiger partial charge in [0, 0.05) is 11.4 Å². The summed E-state index contributed by atoms with van der Waals surface area (Å²) in [4.78, 5) is 18.6. The van der Waals surface area contributed by atoms with E-state index in [1.807, 2.05) is 67.1 Å². The van der Waals surface area contributed by atoms with E-state index in [-0.39, 0.29) is 5.91 Å². The number of hydrogen-bond acceptors (Lipinski definition) is 7. The number of benzene rings is 2. The lowest BCUT2D eigenvalue weighted by Gasteiger charge is -2.29. The minimum atomic E-state index is -0.456. The highest BCUT2D eigenvalue weighted by molar-refractivity contribution is 7.99. The first-order valence-corrected chi connectivity index (χ1v) is 14.9. The van der Waals surface area contributed by atoms with Crippen LogP contribution in [0.25, 0.3) is 0 Å². The summed E-state index contributed by atoms with van der Waals surface area (Å²) in [5.74, 6) is 2.80. The third-order valence-electron chi connectivity index (χ3n) is 6.45. The molecule has 0 saturated carbocycles. The van der Waals surface area contributed by atoms with Crippen molar-refractivity contribution >= 4 is 29.3 Å². The Bertz CT molecular complexity index is 1270. The van der Waals surface area contributed by atoms with Gasteiger partial charge in [0.05, 0.1) is 24.5 Å². The maximum absolute atomic E-state index is 13.9. The maximum atomic E-state index is 13.9. The van der Waals surface area contributed by atoms with Crippen molar-refractivity contribution in [2.45, 2.75) is 71.0 Å². The third-order valence-corrected chi connectivity index (χ3v) is 7.38. The molecule has 0 spiro atoms. The average Bonchev–Trinajstić information content (AvgIpc) is 3.34. The second-order valence-electron chi connectivity index (χ2n) is 9.44. The highest BCUT2D eigenvalue weighted by Crippen LogP contribution is 2.38. The lowest BCUT2D eigenvalue weighted by atomic mass is 9.95. The summed E-state index contributed by atoms with van der Waals surface area (Å²) in [6, 6.07) is 15.0. The predicted octanol–water partition coefficient (Wildman–Crippen LogP) is 7.07. The number of anilines is 2. The molecule has 39 heavy (non-hydrogen) atoms. The molecule has 3 aromatic rings. The van der Waals surface area contributed by atoms with Crippen molar-refractivity contribution in [3.05, 3.63) is 65.4 Å². The Morgan fingerprint density at radius 3 is 2.54 bits per heavy atom. The molecule has 0 bridgehead atoms. The van der Waals surface area contributed by atoms with E-state index in [9.17, 15) is 4.79 Å². The van der Waals surface area contributed by atoms with E-state index in [2.05, 4.69) is 24.5 Å². The van der Waals surface area contributed by atoms with Crippen LogP contribution in [0.1, 0.15) is 71.4 Å². The van der Waals surface area contributed by atoms with Crippen LogP contribution in [0, 0.1) is 0 Å². The van der Waals surface area contributed by atoms with E-state index in [0.717, 1.165) is 54.9 Å². The van der Waals surface area contributed by atoms with Crippen LogP contribution >= 0.6 is 11.8 Å². The number of para-hydroxylation sites is 2. The molecule has 0 radical (unpaired) electrons. The molecule has 8 nitrogen and oxygen atoms in total. The Morgan fingerprint density at radius 1 is 1.03 bits per heavy atom. The van der Waals surface area contributed by atoms with Crippen LogP contribution in [0.2, 0.25) is 0 Å². The van der Waals surface area contributed by atoms with Gasteiger partial charge in [0.15, 0.2) is 0 Å². The summed E-state index contributed by atoms with van der Waals surface area (Å²) in [7, 11) is 0. The van der Waals surface area contributed by atoms with Crippen LogP contribution in [-0.2, 0) is 4.79 Å². The first-order chi connectivity index (χ1) is 19.0. The summed E-state index contributed by atoms with van der Waals surface area (Å²) in [6.45, 7) is 9.38. The van der Waals surface area contributed by atoms with Gasteiger partial charge in [-0.15, -0.1) is 5.10 Å². The zero-order chi connectivity index (χ0) is 27.6. The molecular weight excluding hydrogens is 510 g/mol. The normalized spacial score (nSPS) is 14.5. The molecule has 2 heterocycles. The first-order valence-electron chi connectivity index (χ1n) is 13.9. The number of hydrogen-bond donors (Lipinski definition) is 2. The Balaban J connectivity index is 1.66. The van der Waals surface area contributed by atoms with E-state index in [1.165, 1.54) is 0 Å². The quantitative estimate of drug-likeness (QED) is 0.164. The van der Waals surface area contributed by atoms with Gasteiger partial charge in [-0.05, 0) is 56.5 Å². The number of fused-ring (bicyclic) bond motifs is 1. The number of nitrogens with one attached hydrogen (secondary N) is 2. The number of nitrogens with zero attached hydrogens (tertiary/aromatic N) is 3. The van der Waals surface area contributed by atoms with Crippen LogP contribution < -0.4 is 20.1 Å². The molecule has 2 aromatic carbocycles. The molecule has 1 amide bonds. The maximum Gasteiger partial charge on any atom is 0.255 e. The third kappa shape index (κ3) is 7.15. The van der Waals surface area contributed by atoms with Crippen LogP contribution in [-0.4, -0.2) is 39.6 Å². The van der Waals surface area contributed by atoms with E-state index < -0.39 is 6.04 Å². The van der Waals surface area contributed by atoms with Gasteiger partial charge < -0.3 is 20.1 Å². The highest BCUT2D eigenvalue weighted by atomic mass is 32.2. The zero-order valence-corrected chi connectivity index (χ0v) is 24.1. The predicted molar refractivity (Wildman–Crippen MR) is 158 cm³/mol. The van der Waals surface area contributed by atoms with Gasteiger partial charge >= 0.3 is 0 Å². The number of rotatable bonds is 14. The van der Waals surface area contributed by atoms with Crippen LogP contribution in [0.15, 0.2) is 65.0 Å². The molecule has 9 heteroatoms. The molecule has 1 unspecified atom stereocenters. The molecular formula is C30H39N5O3S. The summed E-state index contributed by atoms with van der Waals surface area (Å²) >= 11 is 1.63. The van der Waals surface area contributed by atoms with E-state index >= 15 is 0 Å². The largest absolute Gasteiger partial charge is 0.494 e. The van der Waals surface area contributed by atoms with Crippen molar-refractivity contribution in [3.8, 4) is 11.5 Å². The van der Waals surface area contributed by atoms with Crippen molar-refractivity contribution in [2.75, 3.05) is 29.6 Å². The molecule has 1 aromatic heterocycles. The minimum absolute atomic E-state index is 0.224. The highest BCUT2D eigenvalue weighted by Gasteiger charge is 2.34. The van der Waals surface area contributed by atoms with E-state index in [1.54, 1.807) is 11.8 Å². The monoisotopic (exact) mass is 549 g/mol. The Labute approximate surface area is 235 Å². The van der Waals surface area contributed by atoms with Gasteiger partial charge in [0.1, 0.15) is 17.5 Å². The SMILES string of the molecule is CCCCCOc1ccc(C2C(C(=O)Nc3ccccc3OCC)=C(C)Nc3nc(SCCCC)nn32)cc1. The molecule has 1 atom stereocenters. The van der Waals surface area contributed by atoms with Crippen LogP contribution in [0.4, 0.5) is 11.6 Å². The second-order valence-corrected chi connectivity index (χ2v) is 10.5. The van der Waals surface area contributed by atoms with Gasteiger partial charge in [0.25, 0.3) is 5.91 Å². The topological polar surface area (TPSA) is 90.3 Å². The smallest absolute Gasteiger partial charge is 0.255 e. The molecule has 1 aliphatic heterocycles. The van der Waals surface area contributed by atoms with Crippen molar-refractivity contribution in [2.24, 2.45) is 0 Å². The van der Waals surface area contributed by atoms with Gasteiger partial charge in [-0.25, -0.2) is 4.68 Å². The molecule has 0 aliphatic carbocycles. The van der Waals surface area contributed by atoms with Gasteiger partial charge in [0.2, 0.25) is 11.1 Å². The molecule has 0 fully saturated rings. The fraction of sp³-hybridized carbons (Fsp3) is 0.433. The van der Waals surface area contributed by atoms with E-state index in [0.29, 0.717) is 41.3 Å². The number of unbranched alkanes of at least 4 members (excludes halogenated alkanes) is 3. The van der Waals surface area contributed by atoms with Crippen LogP contribution in [0.5, 0.6) is 11.5 Å². The Hall–Kier alpha value is -3.46. The molecule has 0 saturated heterocycles. The Morgan fingerprint density at radius 2 is 1.79 bits per heavy atom. The number of amides is 1. The van der Waals surface area contributed by atoms with Crippen molar-refractivity contribution in [1.82, 2.24) is 14.8 Å². The standard InChI is InChI=1S/C30H39N5O3S/c1-5-8-12-19-38-23-17-15-22(16-18-23)27-26(28(36)32-24-13-10-11-14-25(24)37-7-3)21(4)31-29-33-30(34-35(27)29)39-20-9-6-2/h10-11,13-18,27H,5-9,12,19-20H2,1-4H3,(H,32,36)(H,31,33,34). The molecule has 1 aliphatic rings. The van der Waals surface area contributed by atoms with Crippen LogP contribution in [0.3, 0.4) is 0 Å². The number of thioether (sulfide) groups is 1. The van der Waals surface area contributed by atoms with E-state index in [4.69, 9.17) is 19.6 Å². The second kappa shape index (κ2) is 14.1. The lowest BCUT2D eigenvalue weighted by molar-refractivity contribution is -0.113. The number of carbonyl (C=O) groups excluding carboxylic acids is 1. The minimum Gasteiger partial charge on any atom is -0.494 e. The molecule has 208 valence electrons. The lowest BCUT2D eigenvalue weighted by Crippen LogP contribution is -2.31. The van der Waals surface area contributed by atoms with Gasteiger partial charge in [-0.3, -0.25) is 4.79 Å². The van der Waals surface area contributed by atoms with Crippen molar-refractivity contribution in [1.29, 1.82) is 0 Å². The van der Waals surface area contributed by atoms with Crippen molar-refractivity contribution in [3.63, 3.8) is 0 Å². The van der Waals surface area contributed by atoms with Gasteiger partial charge in [-0.2, -0.15) is 4.98 Å². The van der Waals surface area contributed by atoms with Crippen molar-refractivity contribution < 1.29 is 14.3 Å². The fourth-order valence-electron chi connectivity index (χ4n) is 4.43. The molecule has 2 N–H and O–H groups in total. The Kier molecular flexibility index (Phi) is 10.3. The van der Waals surface area contributed by atoms with Gasteiger partial charge in [-0.1, -0.05) is 69.1 Å².